The molecule has 0 radical (unpaired) electrons. The van der Waals surface area contributed by atoms with Crippen LogP contribution in [0.15, 0.2) is 12.1 Å². The van der Waals surface area contributed by atoms with Gasteiger partial charge in [0.05, 0.1) is 13.2 Å². The van der Waals surface area contributed by atoms with Crippen LogP contribution in [-0.4, -0.2) is 12.2 Å². The Bertz CT molecular complexity index is 588. The molecular formula is C22H32F2O2. The van der Waals surface area contributed by atoms with E-state index in [1.54, 1.807) is 0 Å². The highest BCUT2D eigenvalue weighted by Crippen LogP contribution is 2.45. The molecule has 0 amide bonds. The number of benzene rings is 1. The van der Waals surface area contributed by atoms with Crippen LogP contribution in [-0.2, 0) is 0 Å². The molecule has 2 aliphatic carbocycles. The van der Waals surface area contributed by atoms with Crippen LogP contribution in [0, 0.1) is 35.3 Å². The highest BCUT2D eigenvalue weighted by atomic mass is 19.2. The summed E-state index contributed by atoms with van der Waals surface area (Å²) >= 11 is 0. The lowest BCUT2D eigenvalue weighted by Crippen LogP contribution is -2.28. The number of aliphatic hydroxyl groups is 1. The van der Waals surface area contributed by atoms with Gasteiger partial charge in [-0.1, -0.05) is 26.2 Å². The van der Waals surface area contributed by atoms with Gasteiger partial charge in [-0.05, 0) is 74.3 Å². The highest BCUT2D eigenvalue weighted by Gasteiger charge is 2.34. The number of halogens is 2. The standard InChI is InChI=1S/C22H32F2O2/c1-3-14-4-6-15(7-5-14)16-8-10-17(11-9-16)22(25)18-12-13-19(26-2)21(24)20(18)23/h12-17,22,25H,3-11H2,1-2H3. The molecule has 1 aromatic rings. The van der Waals surface area contributed by atoms with E-state index in [4.69, 9.17) is 4.74 Å². The van der Waals surface area contributed by atoms with Crippen molar-refractivity contribution in [2.24, 2.45) is 23.7 Å². The number of aliphatic hydroxyl groups excluding tert-OH is 1. The molecule has 0 saturated heterocycles. The second kappa shape index (κ2) is 8.69. The van der Waals surface area contributed by atoms with Crippen molar-refractivity contribution in [3.63, 3.8) is 0 Å². The van der Waals surface area contributed by atoms with E-state index in [0.29, 0.717) is 0 Å². The lowest BCUT2D eigenvalue weighted by Gasteiger charge is -2.38. The molecule has 0 aromatic heterocycles. The molecule has 0 heterocycles. The molecule has 2 aliphatic rings. The van der Waals surface area contributed by atoms with Crippen LogP contribution < -0.4 is 4.74 Å². The Morgan fingerprint density at radius 3 is 2.08 bits per heavy atom. The molecule has 0 bridgehead atoms. The molecule has 2 saturated carbocycles. The van der Waals surface area contributed by atoms with Crippen molar-refractivity contribution in [2.75, 3.05) is 7.11 Å². The highest BCUT2D eigenvalue weighted by molar-refractivity contribution is 5.32. The van der Waals surface area contributed by atoms with Crippen LogP contribution in [0.3, 0.4) is 0 Å². The summed E-state index contributed by atoms with van der Waals surface area (Å²) in [5.74, 6) is 0.393. The molecule has 1 atom stereocenters. The zero-order chi connectivity index (χ0) is 18.7. The van der Waals surface area contributed by atoms with Crippen LogP contribution in [0.4, 0.5) is 8.78 Å². The zero-order valence-corrected chi connectivity index (χ0v) is 16.0. The van der Waals surface area contributed by atoms with E-state index < -0.39 is 17.7 Å². The molecule has 1 unspecified atom stereocenters. The van der Waals surface area contributed by atoms with Crippen molar-refractivity contribution >= 4 is 0 Å². The second-order valence-electron chi connectivity index (χ2n) is 8.29. The maximum absolute atomic E-state index is 14.3. The van der Waals surface area contributed by atoms with Gasteiger partial charge >= 0.3 is 0 Å². The Morgan fingerprint density at radius 2 is 1.54 bits per heavy atom. The molecule has 1 aromatic carbocycles. The number of hydrogen-bond donors (Lipinski definition) is 1. The van der Waals surface area contributed by atoms with E-state index in [-0.39, 0.29) is 17.2 Å². The van der Waals surface area contributed by atoms with E-state index in [1.165, 1.54) is 51.3 Å². The van der Waals surface area contributed by atoms with Gasteiger partial charge in [0.25, 0.3) is 0 Å². The Kier molecular flexibility index (Phi) is 6.55. The minimum Gasteiger partial charge on any atom is -0.494 e. The van der Waals surface area contributed by atoms with Gasteiger partial charge in [0.2, 0.25) is 5.82 Å². The number of methoxy groups -OCH3 is 1. The van der Waals surface area contributed by atoms with Crippen LogP contribution in [0.5, 0.6) is 5.75 Å². The predicted octanol–water partition coefficient (Wildman–Crippen LogP) is 6.03. The zero-order valence-electron chi connectivity index (χ0n) is 16.0. The van der Waals surface area contributed by atoms with E-state index in [9.17, 15) is 13.9 Å². The van der Waals surface area contributed by atoms with Crippen molar-refractivity contribution in [3.8, 4) is 5.75 Å². The Labute approximate surface area is 155 Å². The Hall–Kier alpha value is -1.16. The lowest BCUT2D eigenvalue weighted by molar-refractivity contribution is 0.0537. The fourth-order valence-electron chi connectivity index (χ4n) is 5.19. The van der Waals surface area contributed by atoms with Gasteiger partial charge in [0, 0.05) is 5.56 Å². The molecule has 146 valence electrons. The fraction of sp³-hybridized carbons (Fsp3) is 0.727. The first-order valence-corrected chi connectivity index (χ1v) is 10.2. The summed E-state index contributed by atoms with van der Waals surface area (Å²) in [6.07, 6.45) is 9.76. The van der Waals surface area contributed by atoms with E-state index in [1.807, 2.05) is 0 Å². The van der Waals surface area contributed by atoms with Crippen molar-refractivity contribution in [3.05, 3.63) is 29.3 Å². The van der Waals surface area contributed by atoms with Gasteiger partial charge in [0.15, 0.2) is 11.6 Å². The first-order valence-electron chi connectivity index (χ1n) is 10.2. The monoisotopic (exact) mass is 366 g/mol. The van der Waals surface area contributed by atoms with Crippen molar-refractivity contribution in [1.29, 1.82) is 0 Å². The summed E-state index contributed by atoms with van der Waals surface area (Å²) in [7, 11) is 1.31. The van der Waals surface area contributed by atoms with Gasteiger partial charge in [-0.25, -0.2) is 4.39 Å². The molecule has 4 heteroatoms. The minimum atomic E-state index is -1.01. The Morgan fingerprint density at radius 1 is 0.962 bits per heavy atom. The predicted molar refractivity (Wildman–Crippen MR) is 99.1 cm³/mol. The first-order chi connectivity index (χ1) is 12.5. The summed E-state index contributed by atoms with van der Waals surface area (Å²) in [6.45, 7) is 2.29. The van der Waals surface area contributed by atoms with Gasteiger partial charge in [-0.2, -0.15) is 4.39 Å². The molecular weight excluding hydrogens is 334 g/mol. The SMILES string of the molecule is CCC1CCC(C2CCC(C(O)c3ccc(OC)c(F)c3F)CC2)CC1. The molecule has 2 nitrogen and oxygen atoms in total. The van der Waals surface area contributed by atoms with E-state index in [0.717, 1.165) is 43.4 Å². The smallest absolute Gasteiger partial charge is 0.200 e. The van der Waals surface area contributed by atoms with Crippen LogP contribution in [0.1, 0.15) is 76.4 Å². The third kappa shape index (κ3) is 4.05. The quantitative estimate of drug-likeness (QED) is 0.689. The van der Waals surface area contributed by atoms with Crippen molar-refractivity contribution in [2.45, 2.75) is 70.8 Å². The van der Waals surface area contributed by atoms with Gasteiger partial charge in [0.1, 0.15) is 0 Å². The molecule has 3 rings (SSSR count). The van der Waals surface area contributed by atoms with Crippen LogP contribution >= 0.6 is 0 Å². The maximum atomic E-state index is 14.3. The topological polar surface area (TPSA) is 29.5 Å². The van der Waals surface area contributed by atoms with Gasteiger partial charge < -0.3 is 9.84 Å². The first kappa shape index (κ1) is 19.6. The van der Waals surface area contributed by atoms with Crippen LogP contribution in [0.25, 0.3) is 0 Å². The largest absolute Gasteiger partial charge is 0.494 e. The molecule has 0 spiro atoms. The molecule has 1 N–H and O–H groups in total. The van der Waals surface area contributed by atoms with E-state index in [2.05, 4.69) is 6.92 Å². The number of hydrogen-bond acceptors (Lipinski definition) is 2. The average Bonchev–Trinajstić information content (AvgIpc) is 2.70. The Balaban J connectivity index is 1.57. The normalized spacial score (nSPS) is 30.8. The van der Waals surface area contributed by atoms with Gasteiger partial charge in [-0.15, -0.1) is 0 Å². The fourth-order valence-corrected chi connectivity index (χ4v) is 5.19. The summed E-state index contributed by atoms with van der Waals surface area (Å²) in [5, 5.41) is 10.6. The minimum absolute atomic E-state index is 0.0144. The second-order valence-corrected chi connectivity index (χ2v) is 8.29. The third-order valence-electron chi connectivity index (χ3n) is 7.01. The van der Waals surface area contributed by atoms with Gasteiger partial charge in [-0.3, -0.25) is 0 Å². The van der Waals surface area contributed by atoms with Crippen molar-refractivity contribution < 1.29 is 18.6 Å². The summed E-state index contributed by atoms with van der Waals surface area (Å²) in [4.78, 5) is 0. The summed E-state index contributed by atoms with van der Waals surface area (Å²) < 4.78 is 33.0. The molecule has 0 aliphatic heterocycles. The number of rotatable bonds is 5. The third-order valence-corrected chi connectivity index (χ3v) is 7.01. The molecule has 2 fully saturated rings. The lowest BCUT2D eigenvalue weighted by atomic mass is 9.68. The number of ether oxygens (including phenoxy) is 1. The van der Waals surface area contributed by atoms with Crippen molar-refractivity contribution in [1.82, 2.24) is 0 Å². The molecule has 26 heavy (non-hydrogen) atoms. The maximum Gasteiger partial charge on any atom is 0.200 e. The van der Waals surface area contributed by atoms with E-state index >= 15 is 0 Å². The average molecular weight is 366 g/mol. The van der Waals surface area contributed by atoms with Crippen LogP contribution in [0.2, 0.25) is 0 Å². The summed E-state index contributed by atoms with van der Waals surface area (Å²) in [5.41, 5.74) is 0.0650. The summed E-state index contributed by atoms with van der Waals surface area (Å²) in [6, 6.07) is 2.86.